The lowest BCUT2D eigenvalue weighted by atomic mass is 9.85. The minimum absolute atomic E-state index is 0.0538. The molecule has 0 unspecified atom stereocenters. The van der Waals surface area contributed by atoms with E-state index in [0.29, 0.717) is 6.61 Å². The Hall–Kier alpha value is -3.93. The summed E-state index contributed by atoms with van der Waals surface area (Å²) < 4.78 is 6.85. The summed E-state index contributed by atoms with van der Waals surface area (Å²) in [5.74, 6) is 1.12. The molecule has 0 aliphatic heterocycles. The van der Waals surface area contributed by atoms with Crippen LogP contribution in [0.25, 0.3) is 33.4 Å². The Morgan fingerprint density at radius 3 is 1.58 bits per heavy atom. The zero-order valence-electron chi connectivity index (χ0n) is 30.6. The van der Waals surface area contributed by atoms with Crippen molar-refractivity contribution in [1.82, 2.24) is 0 Å². The number of ether oxygens (including phenoxy) is 1. The Morgan fingerprint density at radius 1 is 0.708 bits per heavy atom. The first-order valence-corrected chi connectivity index (χ1v) is 22.9. The van der Waals surface area contributed by atoms with E-state index in [1.165, 1.54) is 77.1 Å². The first-order valence-electron chi connectivity index (χ1n) is 17.4. The van der Waals surface area contributed by atoms with Crippen LogP contribution in [-0.4, -0.2) is 23.5 Å². The van der Waals surface area contributed by atoms with Gasteiger partial charge in [0.2, 0.25) is 0 Å². The van der Waals surface area contributed by atoms with Crippen LogP contribution in [0, 0.1) is 20.8 Å². The van der Waals surface area contributed by atoms with Gasteiger partial charge in [-0.1, -0.05) is 172 Å². The summed E-state index contributed by atoms with van der Waals surface area (Å²) in [6.45, 7) is 28.3. The molecule has 245 valence electrons. The molecular weight excluding hydrogens is 613 g/mol. The number of fused-ring (bicyclic) bond motifs is 3. The van der Waals surface area contributed by atoms with E-state index in [0.717, 1.165) is 5.75 Å². The molecule has 0 spiro atoms. The second kappa shape index (κ2) is 12.8. The average molecular weight is 664 g/mol. The van der Waals surface area contributed by atoms with Crippen LogP contribution >= 0.6 is 0 Å². The minimum atomic E-state index is -2.36. The standard InChI is InChI=1S/C45H51OSi2/c1-12-25-46-42-40(26-31(4)43(47(8)9)41(42)45(5,6)7)48(10,11)44-38-27-34(32-17-13-29(2)14-18-32)21-23-36(38)37-24-22-35(28-39(37)44)33-19-15-30(3)16-20-33/h12-24,26-28,44H,1,25H2,2-11H3. The Bertz CT molecular complexity index is 1890. The fraction of sp³-hybridized carbons (Fsp3) is 0.289. The van der Waals surface area contributed by atoms with Crippen molar-refractivity contribution in [3.63, 3.8) is 0 Å². The number of hydrogen-bond acceptors (Lipinski definition) is 1. The molecule has 0 saturated heterocycles. The molecule has 1 nitrogen and oxygen atoms in total. The molecular formula is C45H51OSi2. The van der Waals surface area contributed by atoms with Gasteiger partial charge in [0.15, 0.2) is 0 Å². The second-order valence-corrected chi connectivity index (χ2v) is 22.7. The molecule has 5 aromatic carbocycles. The van der Waals surface area contributed by atoms with Crippen LogP contribution in [0.15, 0.2) is 104 Å². The van der Waals surface area contributed by atoms with Crippen molar-refractivity contribution in [3.8, 4) is 39.1 Å². The Kier molecular flexibility index (Phi) is 9.08. The van der Waals surface area contributed by atoms with E-state index in [9.17, 15) is 0 Å². The zero-order chi connectivity index (χ0) is 34.5. The summed E-state index contributed by atoms with van der Waals surface area (Å²) in [7, 11) is -3.10. The van der Waals surface area contributed by atoms with E-state index >= 15 is 0 Å². The molecule has 0 fully saturated rings. The number of benzene rings is 5. The fourth-order valence-electron chi connectivity index (χ4n) is 7.98. The number of aryl methyl sites for hydroxylation is 3. The highest BCUT2D eigenvalue weighted by molar-refractivity contribution is 6.92. The summed E-state index contributed by atoms with van der Waals surface area (Å²) in [6.07, 6.45) is 1.90. The van der Waals surface area contributed by atoms with Gasteiger partial charge < -0.3 is 4.74 Å². The van der Waals surface area contributed by atoms with Crippen molar-refractivity contribution in [1.29, 1.82) is 0 Å². The number of hydrogen-bond donors (Lipinski definition) is 0. The Labute approximate surface area is 292 Å². The van der Waals surface area contributed by atoms with Crippen LogP contribution in [0.1, 0.15) is 59.7 Å². The summed E-state index contributed by atoms with van der Waals surface area (Å²) in [5.41, 5.74) is 16.3. The van der Waals surface area contributed by atoms with Gasteiger partial charge in [0.25, 0.3) is 0 Å². The third-order valence-corrected chi connectivity index (χ3v) is 15.7. The van der Waals surface area contributed by atoms with Crippen molar-refractivity contribution < 1.29 is 4.74 Å². The predicted octanol–water partition coefficient (Wildman–Crippen LogP) is 11.0. The van der Waals surface area contributed by atoms with Crippen molar-refractivity contribution in [2.75, 3.05) is 6.61 Å². The molecule has 5 aromatic rings. The van der Waals surface area contributed by atoms with Crippen molar-refractivity contribution >= 4 is 27.2 Å². The largest absolute Gasteiger partial charge is 0.489 e. The van der Waals surface area contributed by atoms with Crippen LogP contribution in [-0.2, 0) is 5.41 Å². The van der Waals surface area contributed by atoms with Gasteiger partial charge in [-0.25, -0.2) is 0 Å². The molecule has 0 aromatic heterocycles. The molecule has 0 saturated carbocycles. The SMILES string of the molecule is C=CCOc1c([Si](C)(C)C2c3cc(-c4ccc(C)cc4)ccc3-c3ccc(-c4ccc(C)cc4)cc32)cc(C)c([Si](C)C)c1C(C)(C)C. The first-order chi connectivity index (χ1) is 22.7. The highest BCUT2D eigenvalue weighted by atomic mass is 28.3. The minimum Gasteiger partial charge on any atom is -0.489 e. The van der Waals surface area contributed by atoms with Gasteiger partial charge in [0.1, 0.15) is 12.4 Å². The van der Waals surface area contributed by atoms with Crippen LogP contribution in [0.5, 0.6) is 5.75 Å². The van der Waals surface area contributed by atoms with Gasteiger partial charge in [-0.3, -0.25) is 0 Å². The van der Waals surface area contributed by atoms with Crippen LogP contribution in [0.3, 0.4) is 0 Å². The second-order valence-electron chi connectivity index (χ2n) is 15.7. The maximum Gasteiger partial charge on any atom is 0.122 e. The topological polar surface area (TPSA) is 9.23 Å². The lowest BCUT2D eigenvalue weighted by Gasteiger charge is -2.38. The molecule has 1 aliphatic rings. The molecule has 1 radical (unpaired) electrons. The summed E-state index contributed by atoms with van der Waals surface area (Å²) in [6, 6.07) is 34.9. The molecule has 0 heterocycles. The van der Waals surface area contributed by atoms with Crippen molar-refractivity contribution in [2.45, 2.75) is 78.7 Å². The van der Waals surface area contributed by atoms with E-state index in [4.69, 9.17) is 4.74 Å². The van der Waals surface area contributed by atoms with E-state index in [1.807, 2.05) is 6.08 Å². The third-order valence-electron chi connectivity index (χ3n) is 10.3. The molecule has 48 heavy (non-hydrogen) atoms. The zero-order valence-corrected chi connectivity index (χ0v) is 32.6. The van der Waals surface area contributed by atoms with Crippen LogP contribution < -0.4 is 15.1 Å². The van der Waals surface area contributed by atoms with Crippen LogP contribution in [0.4, 0.5) is 0 Å². The van der Waals surface area contributed by atoms with Gasteiger partial charge in [0.05, 0.1) is 16.9 Å². The predicted molar refractivity (Wildman–Crippen MR) is 214 cm³/mol. The molecule has 0 bridgehead atoms. The van der Waals surface area contributed by atoms with Gasteiger partial charge in [-0.2, -0.15) is 0 Å². The molecule has 3 heteroatoms. The van der Waals surface area contributed by atoms with E-state index in [-0.39, 0.29) is 11.0 Å². The fourth-order valence-corrected chi connectivity index (χ4v) is 13.5. The molecule has 0 atom stereocenters. The van der Waals surface area contributed by atoms with Crippen molar-refractivity contribution in [2.24, 2.45) is 0 Å². The normalized spacial score (nSPS) is 13.1. The lowest BCUT2D eigenvalue weighted by Crippen LogP contribution is -2.51. The van der Waals surface area contributed by atoms with Gasteiger partial charge in [-0.05, 0) is 81.4 Å². The maximum absolute atomic E-state index is 6.85. The maximum atomic E-state index is 6.85. The van der Waals surface area contributed by atoms with Crippen LogP contribution in [0.2, 0.25) is 26.2 Å². The van der Waals surface area contributed by atoms with Gasteiger partial charge in [-0.15, -0.1) is 0 Å². The molecule has 6 rings (SSSR count). The quantitative estimate of drug-likeness (QED) is 0.119. The molecule has 1 aliphatic carbocycles. The first kappa shape index (κ1) is 34.0. The van der Waals surface area contributed by atoms with Gasteiger partial charge in [0, 0.05) is 5.54 Å². The summed E-state index contributed by atoms with van der Waals surface area (Å²) in [4.78, 5) is 0. The van der Waals surface area contributed by atoms with E-state index < -0.39 is 16.9 Å². The average Bonchev–Trinajstić information content (AvgIpc) is 3.37. The monoisotopic (exact) mass is 663 g/mol. The summed E-state index contributed by atoms with van der Waals surface area (Å²) in [5, 5.41) is 2.94. The van der Waals surface area contributed by atoms with Crippen molar-refractivity contribution in [3.05, 3.63) is 137 Å². The molecule has 0 N–H and O–H groups in total. The van der Waals surface area contributed by atoms with E-state index in [2.05, 4.69) is 165 Å². The Morgan fingerprint density at radius 2 is 1.17 bits per heavy atom. The number of rotatable bonds is 8. The summed E-state index contributed by atoms with van der Waals surface area (Å²) >= 11 is 0. The highest BCUT2D eigenvalue weighted by Crippen LogP contribution is 2.51. The van der Waals surface area contributed by atoms with E-state index in [1.54, 1.807) is 0 Å². The Balaban J connectivity index is 1.64. The van der Waals surface area contributed by atoms with Gasteiger partial charge >= 0.3 is 0 Å². The third kappa shape index (κ3) is 6.08. The molecule has 0 amide bonds. The lowest BCUT2D eigenvalue weighted by molar-refractivity contribution is 0.354. The highest BCUT2D eigenvalue weighted by Gasteiger charge is 2.45. The smallest absolute Gasteiger partial charge is 0.122 e.